The summed E-state index contributed by atoms with van der Waals surface area (Å²) in [7, 11) is 0. The second-order valence-electron chi connectivity index (χ2n) is 6.56. The summed E-state index contributed by atoms with van der Waals surface area (Å²) >= 11 is 0. The van der Waals surface area contributed by atoms with Gasteiger partial charge in [-0.25, -0.2) is 9.48 Å². The van der Waals surface area contributed by atoms with Crippen molar-refractivity contribution in [3.8, 4) is 0 Å². The van der Waals surface area contributed by atoms with Gasteiger partial charge in [0.15, 0.2) is 18.1 Å². The van der Waals surface area contributed by atoms with E-state index >= 15 is 0 Å². The number of benzene rings is 1. The summed E-state index contributed by atoms with van der Waals surface area (Å²) in [5, 5.41) is 9.04. The van der Waals surface area contributed by atoms with Gasteiger partial charge in [-0.2, -0.15) is 10.1 Å². The van der Waals surface area contributed by atoms with Crippen molar-refractivity contribution in [3.63, 3.8) is 0 Å². The van der Waals surface area contributed by atoms with Gasteiger partial charge in [-0.05, 0) is 18.9 Å². The summed E-state index contributed by atoms with van der Waals surface area (Å²) in [6.45, 7) is 4.42. The van der Waals surface area contributed by atoms with Crippen molar-refractivity contribution < 1.29 is 14.1 Å². The third kappa shape index (κ3) is 4.44. The standard InChI is InChI=1S/C20H24N4O4/c1-3-5-8-12-24-19(25)15-11-7-6-10-14(15)18(22-24)20(26)27-13-17-21-16(9-4-2)23-28-17/h6-7,10-11H,3-5,8-9,12-13H2,1-2H3. The number of carbonyl (C=O) groups is 1. The van der Waals surface area contributed by atoms with Crippen LogP contribution in [0.3, 0.4) is 0 Å². The summed E-state index contributed by atoms with van der Waals surface area (Å²) in [5.41, 5.74) is -0.0932. The zero-order valence-electron chi connectivity index (χ0n) is 16.2. The Bertz CT molecular complexity index is 1010. The van der Waals surface area contributed by atoms with Gasteiger partial charge in [-0.1, -0.05) is 50.0 Å². The largest absolute Gasteiger partial charge is 0.451 e. The van der Waals surface area contributed by atoms with Gasteiger partial charge in [0.1, 0.15) is 0 Å². The average molecular weight is 384 g/mol. The highest BCUT2D eigenvalue weighted by Gasteiger charge is 2.19. The molecule has 0 unspecified atom stereocenters. The normalized spacial score (nSPS) is 11.1. The predicted molar refractivity (Wildman–Crippen MR) is 103 cm³/mol. The zero-order valence-corrected chi connectivity index (χ0v) is 16.2. The van der Waals surface area contributed by atoms with Crippen molar-refractivity contribution in [1.29, 1.82) is 0 Å². The Morgan fingerprint density at radius 3 is 2.68 bits per heavy atom. The summed E-state index contributed by atoms with van der Waals surface area (Å²) in [5.74, 6) is 0.189. The second-order valence-corrected chi connectivity index (χ2v) is 6.56. The van der Waals surface area contributed by atoms with Crippen LogP contribution in [-0.4, -0.2) is 25.9 Å². The minimum Gasteiger partial charge on any atom is -0.451 e. The van der Waals surface area contributed by atoms with Crippen molar-refractivity contribution >= 4 is 16.7 Å². The lowest BCUT2D eigenvalue weighted by molar-refractivity contribution is 0.0422. The molecule has 0 bridgehead atoms. The highest BCUT2D eigenvalue weighted by molar-refractivity contribution is 6.02. The van der Waals surface area contributed by atoms with Crippen molar-refractivity contribution in [3.05, 3.63) is 52.0 Å². The number of aryl methyl sites for hydroxylation is 2. The number of ether oxygens (including phenoxy) is 1. The van der Waals surface area contributed by atoms with Crippen molar-refractivity contribution in [2.45, 2.75) is 59.1 Å². The number of fused-ring (bicyclic) bond motifs is 1. The van der Waals surface area contributed by atoms with Crippen LogP contribution in [-0.2, 0) is 24.3 Å². The first-order valence-corrected chi connectivity index (χ1v) is 9.62. The molecule has 0 spiro atoms. The number of unbranched alkanes of at least 4 members (excludes halogenated alkanes) is 2. The minimum absolute atomic E-state index is 0.111. The molecule has 3 aromatic rings. The molecule has 0 saturated carbocycles. The number of carbonyl (C=O) groups excluding carboxylic acids is 1. The van der Waals surface area contributed by atoms with E-state index in [4.69, 9.17) is 9.26 Å². The molecule has 1 aromatic carbocycles. The lowest BCUT2D eigenvalue weighted by Crippen LogP contribution is -2.26. The number of esters is 1. The van der Waals surface area contributed by atoms with E-state index in [-0.39, 0.29) is 23.8 Å². The van der Waals surface area contributed by atoms with Gasteiger partial charge in [0.2, 0.25) is 0 Å². The number of aromatic nitrogens is 4. The number of hydrogen-bond donors (Lipinski definition) is 0. The van der Waals surface area contributed by atoms with E-state index in [9.17, 15) is 9.59 Å². The van der Waals surface area contributed by atoms with Gasteiger partial charge in [0.25, 0.3) is 11.4 Å². The molecule has 0 fully saturated rings. The summed E-state index contributed by atoms with van der Waals surface area (Å²) in [4.78, 5) is 29.5. The third-order valence-electron chi connectivity index (χ3n) is 4.35. The first-order valence-electron chi connectivity index (χ1n) is 9.62. The maximum Gasteiger partial charge on any atom is 0.359 e. The summed E-state index contributed by atoms with van der Waals surface area (Å²) in [6, 6.07) is 6.92. The molecule has 8 nitrogen and oxygen atoms in total. The Morgan fingerprint density at radius 2 is 1.93 bits per heavy atom. The fraction of sp³-hybridized carbons (Fsp3) is 0.450. The highest BCUT2D eigenvalue weighted by atomic mass is 16.6. The highest BCUT2D eigenvalue weighted by Crippen LogP contribution is 2.15. The van der Waals surface area contributed by atoms with Crippen molar-refractivity contribution in [2.75, 3.05) is 0 Å². The molecule has 0 aliphatic rings. The van der Waals surface area contributed by atoms with Gasteiger partial charge in [-0.3, -0.25) is 4.79 Å². The van der Waals surface area contributed by atoms with Crippen LogP contribution in [0.25, 0.3) is 10.8 Å². The Kier molecular flexibility index (Phi) is 6.52. The monoisotopic (exact) mass is 384 g/mol. The molecule has 0 aliphatic carbocycles. The van der Waals surface area contributed by atoms with Crippen LogP contribution in [0, 0.1) is 0 Å². The molecule has 8 heteroatoms. The van der Waals surface area contributed by atoms with E-state index in [0.717, 1.165) is 25.7 Å². The smallest absolute Gasteiger partial charge is 0.359 e. The molecule has 2 aromatic heterocycles. The van der Waals surface area contributed by atoms with Gasteiger partial charge in [0.05, 0.1) is 5.39 Å². The van der Waals surface area contributed by atoms with Gasteiger partial charge >= 0.3 is 5.97 Å². The van der Waals surface area contributed by atoms with Crippen LogP contribution in [0.4, 0.5) is 0 Å². The third-order valence-corrected chi connectivity index (χ3v) is 4.35. The van der Waals surface area contributed by atoms with Crippen molar-refractivity contribution in [1.82, 2.24) is 19.9 Å². The number of rotatable bonds is 9. The van der Waals surface area contributed by atoms with E-state index in [1.807, 2.05) is 6.92 Å². The second kappa shape index (κ2) is 9.25. The van der Waals surface area contributed by atoms with Crippen LogP contribution < -0.4 is 5.56 Å². The molecule has 0 aliphatic heterocycles. The molecular weight excluding hydrogens is 360 g/mol. The maximum atomic E-state index is 12.7. The number of hydrogen-bond acceptors (Lipinski definition) is 7. The van der Waals surface area contributed by atoms with E-state index in [1.54, 1.807) is 24.3 Å². The van der Waals surface area contributed by atoms with Crippen LogP contribution in [0.1, 0.15) is 61.7 Å². The lowest BCUT2D eigenvalue weighted by Gasteiger charge is -2.10. The molecule has 0 radical (unpaired) electrons. The Balaban J connectivity index is 1.84. The summed E-state index contributed by atoms with van der Waals surface area (Å²) < 4.78 is 11.8. The minimum atomic E-state index is -0.629. The molecule has 28 heavy (non-hydrogen) atoms. The van der Waals surface area contributed by atoms with Gasteiger partial charge in [-0.15, -0.1) is 0 Å². The topological polar surface area (TPSA) is 100 Å². The molecular formula is C20H24N4O4. The van der Waals surface area contributed by atoms with E-state index in [1.165, 1.54) is 4.68 Å². The zero-order chi connectivity index (χ0) is 19.9. The Morgan fingerprint density at radius 1 is 1.14 bits per heavy atom. The molecule has 148 valence electrons. The SMILES string of the molecule is CCCCCn1nc(C(=O)OCc2nc(CCC)no2)c2ccccc2c1=O. The Hall–Kier alpha value is -3.03. The maximum absolute atomic E-state index is 12.7. The van der Waals surface area contributed by atoms with Crippen molar-refractivity contribution in [2.24, 2.45) is 0 Å². The molecule has 2 heterocycles. The van der Waals surface area contributed by atoms with E-state index in [0.29, 0.717) is 29.6 Å². The van der Waals surface area contributed by atoms with Crippen LogP contribution in [0.5, 0.6) is 0 Å². The Labute approximate surface area is 162 Å². The fourth-order valence-corrected chi connectivity index (χ4v) is 2.92. The first kappa shape index (κ1) is 19.7. The van der Waals surface area contributed by atoms with Gasteiger partial charge < -0.3 is 9.26 Å². The quantitative estimate of drug-likeness (QED) is 0.412. The molecule has 0 atom stereocenters. The van der Waals surface area contributed by atoms with Gasteiger partial charge in [0, 0.05) is 18.4 Å². The fourth-order valence-electron chi connectivity index (χ4n) is 2.92. The molecule has 0 amide bonds. The molecule has 0 N–H and O–H groups in total. The van der Waals surface area contributed by atoms with E-state index < -0.39 is 5.97 Å². The van der Waals surface area contributed by atoms with Crippen LogP contribution in [0.2, 0.25) is 0 Å². The van der Waals surface area contributed by atoms with E-state index in [2.05, 4.69) is 22.2 Å². The van der Waals surface area contributed by atoms with Crippen LogP contribution >= 0.6 is 0 Å². The lowest BCUT2D eigenvalue weighted by atomic mass is 10.1. The average Bonchev–Trinajstić information content (AvgIpc) is 3.16. The molecule has 0 saturated heterocycles. The van der Waals surface area contributed by atoms with Crippen LogP contribution in [0.15, 0.2) is 33.6 Å². The first-order chi connectivity index (χ1) is 13.6. The number of nitrogens with zero attached hydrogens (tertiary/aromatic N) is 4. The summed E-state index contributed by atoms with van der Waals surface area (Å²) in [6.07, 6.45) is 4.43. The predicted octanol–water partition coefficient (Wildman–Crippen LogP) is 3.28. The molecule has 3 rings (SSSR count).